The number of carbonyl (C=O) groups excluding carboxylic acids is 1. The van der Waals surface area contributed by atoms with E-state index in [2.05, 4.69) is 37.2 Å². The molecule has 0 atom stereocenters. The molecule has 1 aromatic carbocycles. The van der Waals surface area contributed by atoms with Gasteiger partial charge in [-0.2, -0.15) is 13.9 Å². The predicted molar refractivity (Wildman–Crippen MR) is 126 cm³/mol. The van der Waals surface area contributed by atoms with E-state index < -0.39 is 6.55 Å². The summed E-state index contributed by atoms with van der Waals surface area (Å²) in [7, 11) is 2.09. The lowest BCUT2D eigenvalue weighted by atomic mass is 10.1. The van der Waals surface area contributed by atoms with Gasteiger partial charge in [0.25, 0.3) is 5.91 Å². The maximum Gasteiger partial charge on any atom is 0.333 e. The van der Waals surface area contributed by atoms with Gasteiger partial charge in [-0.1, -0.05) is 12.1 Å². The van der Waals surface area contributed by atoms with E-state index >= 15 is 0 Å². The van der Waals surface area contributed by atoms with Crippen molar-refractivity contribution in [1.29, 1.82) is 0 Å². The van der Waals surface area contributed by atoms with Crippen molar-refractivity contribution in [2.75, 3.05) is 43.4 Å². The SMILES string of the molecule is CN1CCN(c2cc(C(=O)Nc3cc4cc(-c5cnn(C(F)F)c5)ccc4cn3)ccn2)CC1. The predicted octanol–water partition coefficient (Wildman–Crippen LogP) is 3.89. The number of likely N-dealkylation sites (N-methyl/N-ethyl adjacent to an activating group) is 1. The summed E-state index contributed by atoms with van der Waals surface area (Å²) in [5.74, 6) is 0.899. The minimum absolute atomic E-state index is 0.279. The Hall–Kier alpha value is -3.92. The molecule has 8 nitrogen and oxygen atoms in total. The van der Waals surface area contributed by atoms with Gasteiger partial charge in [0.15, 0.2) is 0 Å². The van der Waals surface area contributed by atoms with Crippen LogP contribution in [0.2, 0.25) is 0 Å². The van der Waals surface area contributed by atoms with Crippen molar-refractivity contribution >= 4 is 28.3 Å². The molecule has 1 amide bonds. The Morgan fingerprint density at radius 2 is 1.79 bits per heavy atom. The van der Waals surface area contributed by atoms with Crippen molar-refractivity contribution in [2.24, 2.45) is 0 Å². The molecule has 0 radical (unpaired) electrons. The number of amides is 1. The highest BCUT2D eigenvalue weighted by Crippen LogP contribution is 2.26. The number of benzene rings is 1. The zero-order valence-electron chi connectivity index (χ0n) is 18.5. The second-order valence-corrected chi connectivity index (χ2v) is 8.27. The Balaban J connectivity index is 1.35. The van der Waals surface area contributed by atoms with E-state index in [1.807, 2.05) is 18.2 Å². The lowest BCUT2D eigenvalue weighted by Gasteiger charge is -2.33. The summed E-state index contributed by atoms with van der Waals surface area (Å²) in [6.07, 6.45) is 6.01. The first-order valence-electron chi connectivity index (χ1n) is 10.9. The highest BCUT2D eigenvalue weighted by molar-refractivity contribution is 6.05. The lowest BCUT2D eigenvalue weighted by Crippen LogP contribution is -2.44. The molecule has 34 heavy (non-hydrogen) atoms. The molecule has 1 aliphatic heterocycles. The molecule has 1 N–H and O–H groups in total. The van der Waals surface area contributed by atoms with Gasteiger partial charge in [-0.25, -0.2) is 14.6 Å². The molecule has 0 unspecified atom stereocenters. The number of hydrogen-bond donors (Lipinski definition) is 1. The van der Waals surface area contributed by atoms with Gasteiger partial charge in [0, 0.05) is 61.3 Å². The van der Waals surface area contributed by atoms with Crippen molar-refractivity contribution in [3.05, 3.63) is 66.7 Å². The van der Waals surface area contributed by atoms with E-state index in [-0.39, 0.29) is 5.91 Å². The third-order valence-corrected chi connectivity index (χ3v) is 5.93. The molecule has 0 bridgehead atoms. The van der Waals surface area contributed by atoms with Crippen molar-refractivity contribution in [3.8, 4) is 11.1 Å². The van der Waals surface area contributed by atoms with Crippen LogP contribution in [0.1, 0.15) is 16.9 Å². The van der Waals surface area contributed by atoms with E-state index in [1.165, 1.54) is 12.4 Å². The Morgan fingerprint density at radius 1 is 0.971 bits per heavy atom. The van der Waals surface area contributed by atoms with Gasteiger partial charge < -0.3 is 15.1 Å². The van der Waals surface area contributed by atoms with E-state index in [4.69, 9.17) is 0 Å². The fourth-order valence-electron chi connectivity index (χ4n) is 3.94. The van der Waals surface area contributed by atoms with Crippen LogP contribution in [0.4, 0.5) is 20.4 Å². The molecule has 1 fully saturated rings. The van der Waals surface area contributed by atoms with E-state index in [9.17, 15) is 13.6 Å². The monoisotopic (exact) mass is 463 g/mol. The quantitative estimate of drug-likeness (QED) is 0.484. The first kappa shape index (κ1) is 21.9. The molecule has 4 aromatic rings. The normalized spacial score (nSPS) is 14.6. The molecule has 4 heterocycles. The van der Waals surface area contributed by atoms with Crippen LogP contribution in [0.3, 0.4) is 0 Å². The standard InChI is InChI=1S/C24H23F2N7O/c1-31-6-8-32(9-7-31)22-12-17(4-5-27-22)23(34)30-21-11-19-10-16(2-3-18(19)13-28-21)20-14-29-33(15-20)24(25)26/h2-5,10-15,24H,6-9H2,1H3,(H,28,30,34). The number of nitrogens with zero attached hydrogens (tertiary/aromatic N) is 6. The van der Waals surface area contributed by atoms with Crippen LogP contribution in [0, 0.1) is 0 Å². The van der Waals surface area contributed by atoms with Crippen LogP contribution in [0.25, 0.3) is 21.9 Å². The second kappa shape index (κ2) is 9.14. The minimum Gasteiger partial charge on any atom is -0.354 e. The topological polar surface area (TPSA) is 79.2 Å². The van der Waals surface area contributed by atoms with Crippen molar-refractivity contribution in [1.82, 2.24) is 24.6 Å². The molecular formula is C24H23F2N7O. The zero-order chi connectivity index (χ0) is 23.7. The van der Waals surface area contributed by atoms with Crippen LogP contribution in [0.5, 0.6) is 0 Å². The number of aromatic nitrogens is 4. The van der Waals surface area contributed by atoms with Gasteiger partial charge in [-0.15, -0.1) is 0 Å². The second-order valence-electron chi connectivity index (χ2n) is 8.27. The molecule has 10 heteroatoms. The Labute approximate surface area is 194 Å². The smallest absolute Gasteiger partial charge is 0.333 e. The third-order valence-electron chi connectivity index (χ3n) is 5.93. The summed E-state index contributed by atoms with van der Waals surface area (Å²) in [5.41, 5.74) is 1.82. The number of nitrogens with one attached hydrogen (secondary N) is 1. The molecule has 1 aliphatic rings. The summed E-state index contributed by atoms with van der Waals surface area (Å²) < 4.78 is 26.3. The number of halogens is 2. The van der Waals surface area contributed by atoms with E-state index in [1.54, 1.807) is 30.6 Å². The number of fused-ring (bicyclic) bond motifs is 1. The first-order chi connectivity index (χ1) is 16.5. The average molecular weight is 463 g/mol. The number of anilines is 2. The zero-order valence-corrected chi connectivity index (χ0v) is 18.5. The van der Waals surface area contributed by atoms with Crippen LogP contribution in [-0.4, -0.2) is 63.8 Å². The number of hydrogen-bond acceptors (Lipinski definition) is 6. The van der Waals surface area contributed by atoms with Crippen LogP contribution >= 0.6 is 0 Å². The Morgan fingerprint density at radius 3 is 2.56 bits per heavy atom. The summed E-state index contributed by atoms with van der Waals surface area (Å²) >= 11 is 0. The molecule has 5 rings (SSSR count). The number of rotatable bonds is 5. The molecular weight excluding hydrogens is 440 g/mol. The van der Waals surface area contributed by atoms with Crippen molar-refractivity contribution in [3.63, 3.8) is 0 Å². The van der Waals surface area contributed by atoms with Gasteiger partial charge in [-0.3, -0.25) is 4.79 Å². The first-order valence-corrected chi connectivity index (χ1v) is 10.9. The van der Waals surface area contributed by atoms with Crippen LogP contribution < -0.4 is 10.2 Å². The van der Waals surface area contributed by atoms with Crippen LogP contribution in [0.15, 0.2) is 61.2 Å². The van der Waals surface area contributed by atoms with E-state index in [0.29, 0.717) is 21.6 Å². The molecule has 0 saturated carbocycles. The fraction of sp³-hybridized carbons (Fsp3) is 0.250. The van der Waals surface area contributed by atoms with Gasteiger partial charge in [-0.05, 0) is 42.3 Å². The number of pyridine rings is 2. The number of carbonyl (C=O) groups is 1. The minimum atomic E-state index is -2.69. The summed E-state index contributed by atoms with van der Waals surface area (Å²) in [5, 5.41) is 8.22. The largest absolute Gasteiger partial charge is 0.354 e. The van der Waals surface area contributed by atoms with E-state index in [0.717, 1.165) is 48.3 Å². The van der Waals surface area contributed by atoms with Gasteiger partial charge in [0.1, 0.15) is 11.6 Å². The fourth-order valence-corrected chi connectivity index (χ4v) is 3.94. The lowest BCUT2D eigenvalue weighted by molar-refractivity contribution is 0.0566. The molecule has 0 aliphatic carbocycles. The average Bonchev–Trinajstić information content (AvgIpc) is 3.35. The maximum absolute atomic E-state index is 12.9. The molecule has 174 valence electrons. The number of piperazine rings is 1. The highest BCUT2D eigenvalue weighted by Gasteiger charge is 2.17. The van der Waals surface area contributed by atoms with Crippen LogP contribution in [-0.2, 0) is 0 Å². The summed E-state index contributed by atoms with van der Waals surface area (Å²) in [4.78, 5) is 26.1. The summed E-state index contributed by atoms with van der Waals surface area (Å²) in [6, 6.07) is 10.8. The Kier molecular flexibility index (Phi) is 5.89. The number of alkyl halides is 2. The molecule has 3 aromatic heterocycles. The molecule has 0 spiro atoms. The molecule has 1 saturated heterocycles. The van der Waals surface area contributed by atoms with Gasteiger partial charge in [0.2, 0.25) is 0 Å². The summed E-state index contributed by atoms with van der Waals surface area (Å²) in [6.45, 7) is 0.928. The highest BCUT2D eigenvalue weighted by atomic mass is 19.3. The Bertz CT molecular complexity index is 1330. The van der Waals surface area contributed by atoms with Gasteiger partial charge in [0.05, 0.1) is 6.20 Å². The maximum atomic E-state index is 12.9. The third kappa shape index (κ3) is 4.58. The van der Waals surface area contributed by atoms with Crippen molar-refractivity contribution in [2.45, 2.75) is 6.55 Å². The van der Waals surface area contributed by atoms with Gasteiger partial charge >= 0.3 is 6.55 Å². The van der Waals surface area contributed by atoms with Crippen molar-refractivity contribution < 1.29 is 13.6 Å².